The normalized spacial score (nSPS) is 7.11. The van der Waals surface area contributed by atoms with Crippen LogP contribution >= 0.6 is 0 Å². The van der Waals surface area contributed by atoms with E-state index >= 15 is 0 Å². The third-order valence-electron chi connectivity index (χ3n) is 0.787. The molecule has 0 saturated carbocycles. The second-order valence-corrected chi connectivity index (χ2v) is 1.40. The molecule has 0 unspecified atom stereocenters. The minimum atomic E-state index is -0.208. The molecule has 0 aromatic rings. The molecule has 0 saturated heterocycles. The molecule has 0 aliphatic rings. The standard InChI is InChI=1S/C8H10O/c1-4-6-8(9-3)7-5-2/h8H,1-3H3. The number of methoxy groups -OCH3 is 1. The van der Waals surface area contributed by atoms with Crippen molar-refractivity contribution in [1.82, 2.24) is 0 Å². The fourth-order valence-electron chi connectivity index (χ4n) is 0.416. The van der Waals surface area contributed by atoms with Gasteiger partial charge in [0.05, 0.1) is 0 Å². The van der Waals surface area contributed by atoms with Gasteiger partial charge in [-0.3, -0.25) is 0 Å². The van der Waals surface area contributed by atoms with Crippen molar-refractivity contribution in [2.45, 2.75) is 20.0 Å². The van der Waals surface area contributed by atoms with Crippen LogP contribution in [-0.2, 0) is 4.74 Å². The predicted molar refractivity (Wildman–Crippen MR) is 37.7 cm³/mol. The highest BCUT2D eigenvalue weighted by Crippen LogP contribution is 1.82. The Kier molecular flexibility index (Phi) is 4.69. The average molecular weight is 122 g/mol. The van der Waals surface area contributed by atoms with E-state index in [1.807, 2.05) is 0 Å². The molecule has 0 radical (unpaired) electrons. The Hall–Kier alpha value is -0.920. The fourth-order valence-corrected chi connectivity index (χ4v) is 0.416. The molecule has 0 aliphatic heterocycles. The van der Waals surface area contributed by atoms with Gasteiger partial charge in [0, 0.05) is 7.11 Å². The molecule has 0 fully saturated rings. The van der Waals surface area contributed by atoms with Crippen LogP contribution in [0.2, 0.25) is 0 Å². The van der Waals surface area contributed by atoms with Gasteiger partial charge in [-0.1, -0.05) is 11.8 Å². The van der Waals surface area contributed by atoms with Crippen molar-refractivity contribution in [3.63, 3.8) is 0 Å². The van der Waals surface area contributed by atoms with Crippen molar-refractivity contribution in [1.29, 1.82) is 0 Å². The lowest BCUT2D eigenvalue weighted by atomic mass is 10.3. The molecule has 0 N–H and O–H groups in total. The van der Waals surface area contributed by atoms with E-state index in [4.69, 9.17) is 4.74 Å². The first-order chi connectivity index (χ1) is 4.35. The fraction of sp³-hybridized carbons (Fsp3) is 0.500. The maximum absolute atomic E-state index is 4.88. The number of hydrogen-bond acceptors (Lipinski definition) is 1. The van der Waals surface area contributed by atoms with E-state index in [0.717, 1.165) is 0 Å². The van der Waals surface area contributed by atoms with Crippen LogP contribution in [0.5, 0.6) is 0 Å². The van der Waals surface area contributed by atoms with Crippen molar-refractivity contribution in [2.75, 3.05) is 7.11 Å². The Balaban J connectivity index is 3.88. The zero-order valence-corrected chi connectivity index (χ0v) is 5.99. The molecule has 0 rings (SSSR count). The number of hydrogen-bond donors (Lipinski definition) is 0. The van der Waals surface area contributed by atoms with Gasteiger partial charge in [0.1, 0.15) is 0 Å². The number of rotatable bonds is 1. The largest absolute Gasteiger partial charge is 0.357 e. The molecule has 48 valence electrons. The lowest BCUT2D eigenvalue weighted by molar-refractivity contribution is 0.191. The molecule has 9 heavy (non-hydrogen) atoms. The maximum atomic E-state index is 4.88. The topological polar surface area (TPSA) is 9.23 Å². The van der Waals surface area contributed by atoms with E-state index in [2.05, 4.69) is 23.7 Å². The van der Waals surface area contributed by atoms with Gasteiger partial charge in [-0.25, -0.2) is 0 Å². The number of ether oxygens (including phenoxy) is 1. The van der Waals surface area contributed by atoms with E-state index in [-0.39, 0.29) is 6.10 Å². The molecule has 0 aromatic heterocycles. The summed E-state index contributed by atoms with van der Waals surface area (Å²) in [6, 6.07) is 0. The van der Waals surface area contributed by atoms with E-state index < -0.39 is 0 Å². The second kappa shape index (κ2) is 5.22. The Morgan fingerprint density at radius 3 is 1.78 bits per heavy atom. The minimum absolute atomic E-state index is 0.208. The van der Waals surface area contributed by atoms with E-state index in [1.54, 1.807) is 21.0 Å². The lowest BCUT2D eigenvalue weighted by Crippen LogP contribution is -2.02. The average Bonchev–Trinajstić information content (AvgIpc) is 1.88. The SMILES string of the molecule is CC#CC(C#CC)OC. The Bertz CT molecular complexity index is 152. The minimum Gasteiger partial charge on any atom is -0.357 e. The van der Waals surface area contributed by atoms with Gasteiger partial charge in [-0.05, 0) is 13.8 Å². The molecule has 0 bridgehead atoms. The molecule has 0 spiro atoms. The van der Waals surface area contributed by atoms with Gasteiger partial charge in [-0.15, -0.1) is 11.8 Å². The first kappa shape index (κ1) is 8.08. The molecule has 0 heterocycles. The van der Waals surface area contributed by atoms with Gasteiger partial charge in [0.25, 0.3) is 0 Å². The van der Waals surface area contributed by atoms with Crippen molar-refractivity contribution in [2.24, 2.45) is 0 Å². The zero-order valence-electron chi connectivity index (χ0n) is 5.99. The van der Waals surface area contributed by atoms with E-state index in [1.165, 1.54) is 0 Å². The van der Waals surface area contributed by atoms with Crippen molar-refractivity contribution in [3.05, 3.63) is 0 Å². The highest BCUT2D eigenvalue weighted by molar-refractivity contribution is 5.18. The van der Waals surface area contributed by atoms with Crippen LogP contribution < -0.4 is 0 Å². The summed E-state index contributed by atoms with van der Waals surface area (Å²) in [4.78, 5) is 0. The smallest absolute Gasteiger partial charge is 0.178 e. The summed E-state index contributed by atoms with van der Waals surface area (Å²) < 4.78 is 4.88. The van der Waals surface area contributed by atoms with Gasteiger partial charge >= 0.3 is 0 Å². The summed E-state index contributed by atoms with van der Waals surface area (Å²) in [5, 5.41) is 0. The lowest BCUT2D eigenvalue weighted by Gasteiger charge is -1.95. The first-order valence-electron chi connectivity index (χ1n) is 2.72. The quantitative estimate of drug-likeness (QED) is 0.472. The summed E-state index contributed by atoms with van der Waals surface area (Å²) >= 11 is 0. The summed E-state index contributed by atoms with van der Waals surface area (Å²) in [5.74, 6) is 11.0. The summed E-state index contributed by atoms with van der Waals surface area (Å²) in [6.45, 7) is 3.53. The maximum Gasteiger partial charge on any atom is 0.178 e. The third kappa shape index (κ3) is 3.64. The van der Waals surface area contributed by atoms with Crippen LogP contribution in [0.1, 0.15) is 13.8 Å². The first-order valence-corrected chi connectivity index (χ1v) is 2.72. The van der Waals surface area contributed by atoms with E-state index in [9.17, 15) is 0 Å². The molecule has 0 amide bonds. The third-order valence-corrected chi connectivity index (χ3v) is 0.787. The predicted octanol–water partition coefficient (Wildman–Crippen LogP) is 1.05. The molecule has 1 nitrogen and oxygen atoms in total. The monoisotopic (exact) mass is 122 g/mol. The molecule has 0 aromatic carbocycles. The highest BCUT2D eigenvalue weighted by atomic mass is 16.5. The second-order valence-electron chi connectivity index (χ2n) is 1.40. The Morgan fingerprint density at radius 2 is 1.56 bits per heavy atom. The molecule has 0 aliphatic carbocycles. The van der Waals surface area contributed by atoms with Crippen molar-refractivity contribution < 1.29 is 4.74 Å². The van der Waals surface area contributed by atoms with E-state index in [0.29, 0.717) is 0 Å². The summed E-state index contributed by atoms with van der Waals surface area (Å²) in [7, 11) is 1.60. The summed E-state index contributed by atoms with van der Waals surface area (Å²) in [6.07, 6.45) is -0.208. The van der Waals surface area contributed by atoms with Gasteiger partial charge in [0.2, 0.25) is 0 Å². The van der Waals surface area contributed by atoms with Crippen LogP contribution in [-0.4, -0.2) is 13.2 Å². The zero-order chi connectivity index (χ0) is 7.11. The van der Waals surface area contributed by atoms with Crippen LogP contribution in [0.4, 0.5) is 0 Å². The molecule has 0 atom stereocenters. The Morgan fingerprint density at radius 1 is 1.11 bits per heavy atom. The van der Waals surface area contributed by atoms with Gasteiger partial charge < -0.3 is 4.74 Å². The van der Waals surface area contributed by atoms with Gasteiger partial charge in [0.15, 0.2) is 6.10 Å². The van der Waals surface area contributed by atoms with Crippen molar-refractivity contribution >= 4 is 0 Å². The van der Waals surface area contributed by atoms with Crippen molar-refractivity contribution in [3.8, 4) is 23.7 Å². The van der Waals surface area contributed by atoms with Gasteiger partial charge in [-0.2, -0.15) is 0 Å². The molecular weight excluding hydrogens is 112 g/mol. The highest BCUT2D eigenvalue weighted by Gasteiger charge is 1.91. The van der Waals surface area contributed by atoms with Crippen LogP contribution in [0.3, 0.4) is 0 Å². The molecular formula is C8H10O. The van der Waals surface area contributed by atoms with Crippen LogP contribution in [0.25, 0.3) is 0 Å². The van der Waals surface area contributed by atoms with Crippen LogP contribution in [0, 0.1) is 23.7 Å². The summed E-state index contributed by atoms with van der Waals surface area (Å²) in [5.41, 5.74) is 0. The molecule has 1 heteroatoms. The Labute approximate surface area is 56.4 Å². The van der Waals surface area contributed by atoms with Crippen LogP contribution in [0.15, 0.2) is 0 Å².